The van der Waals surface area contributed by atoms with Gasteiger partial charge in [0.05, 0.1) is 5.52 Å². The second kappa shape index (κ2) is 5.23. The Balaban J connectivity index is 2.00. The Morgan fingerprint density at radius 2 is 2.11 bits per heavy atom. The number of fused-ring (bicyclic) bond motifs is 1. The first-order valence-corrected chi connectivity index (χ1v) is 7.52. The van der Waals surface area contributed by atoms with Crippen LogP contribution in [0.2, 0.25) is 0 Å². The lowest BCUT2D eigenvalue weighted by molar-refractivity contribution is 0.0995. The van der Waals surface area contributed by atoms with Gasteiger partial charge in [0.1, 0.15) is 0 Å². The number of carbonyl (C=O) groups is 1. The van der Waals surface area contributed by atoms with E-state index in [1.54, 1.807) is 17.5 Å². The maximum absolute atomic E-state index is 12.4. The Hall–Kier alpha value is -1.52. The van der Waals surface area contributed by atoms with Crippen molar-refractivity contribution in [3.05, 3.63) is 62.9 Å². The van der Waals surface area contributed by atoms with Crippen LogP contribution < -0.4 is 0 Å². The minimum atomic E-state index is 0.127. The molecule has 0 saturated carbocycles. The van der Waals surface area contributed by atoms with Crippen molar-refractivity contribution in [2.24, 2.45) is 0 Å². The molecule has 0 amide bonds. The van der Waals surface area contributed by atoms with E-state index in [2.05, 4.69) is 20.9 Å². The van der Waals surface area contributed by atoms with Gasteiger partial charge in [-0.3, -0.25) is 9.78 Å². The largest absolute Gasteiger partial charge is 0.294 e. The number of nitrogens with zero attached hydrogens (tertiary/aromatic N) is 1. The zero-order valence-electron chi connectivity index (χ0n) is 9.97. The number of thiophene rings is 1. The molecule has 2 aromatic heterocycles. The third kappa shape index (κ3) is 2.46. The average Bonchev–Trinajstić information content (AvgIpc) is 2.83. The smallest absolute Gasteiger partial charge is 0.168 e. The van der Waals surface area contributed by atoms with Gasteiger partial charge in [0.2, 0.25) is 0 Å². The summed E-state index contributed by atoms with van der Waals surface area (Å²) in [7, 11) is 0. The molecule has 4 heteroatoms. The molecule has 3 rings (SSSR count). The van der Waals surface area contributed by atoms with Crippen LogP contribution in [0.5, 0.6) is 0 Å². The number of ketones is 1. The third-order valence-electron chi connectivity index (χ3n) is 2.96. The second-order valence-electron chi connectivity index (χ2n) is 4.17. The molecular weight excluding hydrogens is 322 g/mol. The number of benzene rings is 1. The van der Waals surface area contributed by atoms with Crippen LogP contribution in [-0.4, -0.2) is 10.8 Å². The molecule has 0 fully saturated rings. The van der Waals surface area contributed by atoms with Crippen molar-refractivity contribution in [1.82, 2.24) is 4.98 Å². The quantitative estimate of drug-likeness (QED) is 0.662. The average molecular weight is 332 g/mol. The number of Topliss-reactive ketones (excluding diaryl/α,β-unsaturated/α-hetero) is 1. The molecule has 94 valence electrons. The standard InChI is InChI=1S/C15H10BrNOS/c16-12-6-8-19-15(12)9-14(18)11-3-1-5-13-10(11)4-2-7-17-13/h1-8H,9H2. The highest BCUT2D eigenvalue weighted by atomic mass is 79.9. The van der Waals surface area contributed by atoms with Gasteiger partial charge in [-0.05, 0) is 39.5 Å². The van der Waals surface area contributed by atoms with Gasteiger partial charge in [0.15, 0.2) is 5.78 Å². The molecule has 0 radical (unpaired) electrons. The minimum Gasteiger partial charge on any atom is -0.294 e. The van der Waals surface area contributed by atoms with Gasteiger partial charge in [-0.15, -0.1) is 11.3 Å². The van der Waals surface area contributed by atoms with Crippen LogP contribution in [0, 0.1) is 0 Å². The number of rotatable bonds is 3. The van der Waals surface area contributed by atoms with Crippen molar-refractivity contribution in [2.45, 2.75) is 6.42 Å². The van der Waals surface area contributed by atoms with Crippen molar-refractivity contribution in [1.29, 1.82) is 0 Å². The summed E-state index contributed by atoms with van der Waals surface area (Å²) < 4.78 is 1.00. The first-order valence-electron chi connectivity index (χ1n) is 5.84. The van der Waals surface area contributed by atoms with Crippen LogP contribution in [0.15, 0.2) is 52.4 Å². The topological polar surface area (TPSA) is 30.0 Å². The maximum atomic E-state index is 12.4. The van der Waals surface area contributed by atoms with Gasteiger partial charge in [0.25, 0.3) is 0 Å². The highest BCUT2D eigenvalue weighted by Gasteiger charge is 2.13. The molecular formula is C15H10BrNOS. The van der Waals surface area contributed by atoms with Crippen molar-refractivity contribution >= 4 is 44.0 Å². The van der Waals surface area contributed by atoms with Crippen molar-refractivity contribution < 1.29 is 4.79 Å². The highest BCUT2D eigenvalue weighted by Crippen LogP contribution is 2.25. The fourth-order valence-electron chi connectivity index (χ4n) is 2.04. The SMILES string of the molecule is O=C(Cc1sccc1Br)c1cccc2ncccc12. The van der Waals surface area contributed by atoms with Crippen LogP contribution in [0.3, 0.4) is 0 Å². The molecule has 0 aliphatic carbocycles. The lowest BCUT2D eigenvalue weighted by Gasteiger charge is -2.04. The summed E-state index contributed by atoms with van der Waals surface area (Å²) in [6.07, 6.45) is 2.17. The van der Waals surface area contributed by atoms with Gasteiger partial charge in [-0.25, -0.2) is 0 Å². The van der Waals surface area contributed by atoms with E-state index in [0.29, 0.717) is 6.42 Å². The van der Waals surface area contributed by atoms with Gasteiger partial charge >= 0.3 is 0 Å². The van der Waals surface area contributed by atoms with Crippen LogP contribution in [0.25, 0.3) is 10.9 Å². The number of hydrogen-bond acceptors (Lipinski definition) is 3. The Kier molecular flexibility index (Phi) is 3.44. The number of hydrogen-bond donors (Lipinski definition) is 0. The van der Waals surface area contributed by atoms with E-state index in [-0.39, 0.29) is 5.78 Å². The molecule has 2 heterocycles. The predicted molar refractivity (Wildman–Crippen MR) is 81.8 cm³/mol. The summed E-state index contributed by atoms with van der Waals surface area (Å²) in [4.78, 5) is 17.8. The molecule has 1 aromatic carbocycles. The summed E-state index contributed by atoms with van der Waals surface area (Å²) >= 11 is 5.06. The molecule has 19 heavy (non-hydrogen) atoms. The fraction of sp³-hybridized carbons (Fsp3) is 0.0667. The molecule has 0 unspecified atom stereocenters. The number of aromatic nitrogens is 1. The number of halogens is 1. The molecule has 0 bridgehead atoms. The van der Waals surface area contributed by atoms with Gasteiger partial charge < -0.3 is 0 Å². The number of carbonyl (C=O) groups excluding carboxylic acids is 1. The van der Waals surface area contributed by atoms with Crippen LogP contribution in [0.4, 0.5) is 0 Å². The van der Waals surface area contributed by atoms with Gasteiger partial charge in [0, 0.05) is 32.9 Å². The molecule has 0 saturated heterocycles. The zero-order chi connectivity index (χ0) is 13.2. The van der Waals surface area contributed by atoms with Crippen molar-refractivity contribution in [3.63, 3.8) is 0 Å². The monoisotopic (exact) mass is 331 g/mol. The molecule has 0 spiro atoms. The normalized spacial score (nSPS) is 10.8. The summed E-state index contributed by atoms with van der Waals surface area (Å²) in [6.45, 7) is 0. The Bertz CT molecular complexity index is 745. The zero-order valence-corrected chi connectivity index (χ0v) is 12.4. The van der Waals surface area contributed by atoms with Crippen molar-refractivity contribution in [2.75, 3.05) is 0 Å². The van der Waals surface area contributed by atoms with Gasteiger partial charge in [-0.2, -0.15) is 0 Å². The van der Waals surface area contributed by atoms with Crippen molar-refractivity contribution in [3.8, 4) is 0 Å². The second-order valence-corrected chi connectivity index (χ2v) is 6.02. The maximum Gasteiger partial charge on any atom is 0.168 e. The third-order valence-corrected chi connectivity index (χ3v) is 4.88. The fourth-order valence-corrected chi connectivity index (χ4v) is 3.53. The molecule has 0 aliphatic rings. The molecule has 0 atom stereocenters. The molecule has 0 aliphatic heterocycles. The minimum absolute atomic E-state index is 0.127. The highest BCUT2D eigenvalue weighted by molar-refractivity contribution is 9.10. The molecule has 0 N–H and O–H groups in total. The summed E-state index contributed by atoms with van der Waals surface area (Å²) in [6, 6.07) is 11.4. The summed E-state index contributed by atoms with van der Waals surface area (Å²) in [5.41, 5.74) is 1.60. The lowest BCUT2D eigenvalue weighted by atomic mass is 10.0. The molecule has 3 aromatic rings. The van der Waals surface area contributed by atoms with E-state index >= 15 is 0 Å². The van der Waals surface area contributed by atoms with E-state index in [1.165, 1.54) is 0 Å². The summed E-state index contributed by atoms with van der Waals surface area (Å²) in [5.74, 6) is 0.127. The molecule has 2 nitrogen and oxygen atoms in total. The van der Waals surface area contributed by atoms with E-state index in [9.17, 15) is 4.79 Å². The Morgan fingerprint density at radius 1 is 1.21 bits per heavy atom. The van der Waals surface area contributed by atoms with E-state index in [0.717, 1.165) is 25.8 Å². The Labute approximate surface area is 123 Å². The first kappa shape index (κ1) is 12.5. The van der Waals surface area contributed by atoms with E-state index in [4.69, 9.17) is 0 Å². The van der Waals surface area contributed by atoms with Crippen LogP contribution >= 0.6 is 27.3 Å². The Morgan fingerprint density at radius 3 is 2.89 bits per heavy atom. The van der Waals surface area contributed by atoms with Crippen LogP contribution in [0.1, 0.15) is 15.2 Å². The predicted octanol–water partition coefficient (Wildman–Crippen LogP) is 4.48. The lowest BCUT2D eigenvalue weighted by Crippen LogP contribution is -2.03. The van der Waals surface area contributed by atoms with Crippen LogP contribution in [-0.2, 0) is 6.42 Å². The van der Waals surface area contributed by atoms with E-state index in [1.807, 2.05) is 41.8 Å². The number of pyridine rings is 1. The van der Waals surface area contributed by atoms with Gasteiger partial charge in [-0.1, -0.05) is 18.2 Å². The first-order chi connectivity index (χ1) is 9.25. The van der Waals surface area contributed by atoms with E-state index < -0.39 is 0 Å². The summed E-state index contributed by atoms with van der Waals surface area (Å²) in [5, 5.41) is 2.90.